The number of carbonyl (C=O) groups excluding carboxylic acids is 1. The highest BCUT2D eigenvalue weighted by atomic mass is 79.9. The summed E-state index contributed by atoms with van der Waals surface area (Å²) in [5.74, 6) is -0.524. The number of rotatable bonds is 4. The van der Waals surface area contributed by atoms with Crippen molar-refractivity contribution in [3.8, 4) is 22.5 Å². The summed E-state index contributed by atoms with van der Waals surface area (Å²) in [6.45, 7) is 0. The summed E-state index contributed by atoms with van der Waals surface area (Å²) in [6.07, 6.45) is 0. The lowest BCUT2D eigenvalue weighted by atomic mass is 10.0. The van der Waals surface area contributed by atoms with E-state index < -0.39 is 5.91 Å². The molecule has 10 heteroatoms. The third kappa shape index (κ3) is 3.57. The van der Waals surface area contributed by atoms with E-state index in [1.807, 2.05) is 0 Å². The van der Waals surface area contributed by atoms with Crippen molar-refractivity contribution in [2.24, 2.45) is 0 Å². The number of aromatic nitrogens is 5. The Labute approximate surface area is 182 Å². The summed E-state index contributed by atoms with van der Waals surface area (Å²) in [7, 11) is 0. The van der Waals surface area contributed by atoms with E-state index in [0.29, 0.717) is 39.2 Å². The van der Waals surface area contributed by atoms with Gasteiger partial charge in [-0.3, -0.25) is 4.79 Å². The Hall–Kier alpha value is -3.92. The van der Waals surface area contributed by atoms with E-state index >= 15 is 0 Å². The van der Waals surface area contributed by atoms with Gasteiger partial charge >= 0.3 is 0 Å². The van der Waals surface area contributed by atoms with Gasteiger partial charge in [-0.1, -0.05) is 45.4 Å². The van der Waals surface area contributed by atoms with Crippen LogP contribution < -0.4 is 5.32 Å². The van der Waals surface area contributed by atoms with Crippen LogP contribution in [0.2, 0.25) is 0 Å². The molecule has 0 aliphatic heterocycles. The van der Waals surface area contributed by atoms with E-state index in [-0.39, 0.29) is 11.5 Å². The summed E-state index contributed by atoms with van der Waals surface area (Å²) in [6, 6.07) is 16.7. The van der Waals surface area contributed by atoms with Gasteiger partial charge in [-0.25, -0.2) is 4.39 Å². The number of hydrogen-bond donors (Lipinski definition) is 2. The molecule has 8 nitrogen and oxygen atoms in total. The molecule has 0 fully saturated rings. The second-order valence-corrected chi connectivity index (χ2v) is 7.52. The largest absolute Gasteiger partial charge is 0.355 e. The molecule has 0 spiro atoms. The van der Waals surface area contributed by atoms with Gasteiger partial charge in [-0.05, 0) is 47.2 Å². The second kappa shape index (κ2) is 7.73. The lowest BCUT2D eigenvalue weighted by Gasteiger charge is -2.08. The minimum Gasteiger partial charge on any atom is -0.355 e. The molecule has 5 aromatic rings. The van der Waals surface area contributed by atoms with Crippen molar-refractivity contribution < 1.29 is 13.7 Å². The van der Waals surface area contributed by atoms with Gasteiger partial charge in [-0.2, -0.15) is 5.21 Å². The summed E-state index contributed by atoms with van der Waals surface area (Å²) in [5, 5.41) is 21.1. The Kier molecular flexibility index (Phi) is 4.75. The monoisotopic (exact) mass is 478 g/mol. The number of carbonyl (C=O) groups is 1. The maximum atomic E-state index is 14.2. The number of amides is 1. The molecule has 31 heavy (non-hydrogen) atoms. The van der Waals surface area contributed by atoms with E-state index in [2.05, 4.69) is 47.0 Å². The van der Waals surface area contributed by atoms with E-state index in [1.165, 1.54) is 6.07 Å². The van der Waals surface area contributed by atoms with Gasteiger partial charge in [0.05, 0.1) is 11.1 Å². The first-order chi connectivity index (χ1) is 15.1. The molecule has 0 aliphatic carbocycles. The van der Waals surface area contributed by atoms with Gasteiger partial charge in [0, 0.05) is 15.6 Å². The van der Waals surface area contributed by atoms with Gasteiger partial charge in [0.2, 0.25) is 5.82 Å². The highest BCUT2D eigenvalue weighted by Crippen LogP contribution is 2.31. The molecule has 5 rings (SSSR count). The average molecular weight is 479 g/mol. The summed E-state index contributed by atoms with van der Waals surface area (Å²) in [5.41, 5.74) is 2.56. The normalized spacial score (nSPS) is 11.0. The Morgan fingerprint density at radius 3 is 2.74 bits per heavy atom. The van der Waals surface area contributed by atoms with Crippen LogP contribution in [0.3, 0.4) is 0 Å². The number of halogens is 2. The first kappa shape index (κ1) is 19.1. The Bertz CT molecular complexity index is 1420. The number of benzene rings is 3. The number of tetrazole rings is 1. The lowest BCUT2D eigenvalue weighted by molar-refractivity contribution is 0.102. The number of nitrogens with zero attached hydrogens (tertiary/aromatic N) is 4. The third-order valence-corrected chi connectivity index (χ3v) is 5.18. The molecule has 0 unspecified atom stereocenters. The maximum Gasteiger partial charge on any atom is 0.278 e. The van der Waals surface area contributed by atoms with Crippen LogP contribution in [0.25, 0.3) is 33.5 Å². The van der Waals surface area contributed by atoms with Crippen LogP contribution in [0.4, 0.5) is 10.1 Å². The summed E-state index contributed by atoms with van der Waals surface area (Å²) in [4.78, 5) is 13.0. The SMILES string of the molecule is O=C(Nc1ccc(Br)cc1-c1nn[nH]n1)c1noc2ccc(-c3ccccc3F)cc12. The first-order valence-electron chi connectivity index (χ1n) is 9.09. The van der Waals surface area contributed by atoms with Crippen LogP contribution in [0, 0.1) is 5.82 Å². The summed E-state index contributed by atoms with van der Waals surface area (Å²) < 4.78 is 20.3. The Morgan fingerprint density at radius 2 is 1.94 bits per heavy atom. The predicted octanol–water partition coefficient (Wildman–Crippen LogP) is 4.83. The first-order valence-corrected chi connectivity index (χ1v) is 9.88. The lowest BCUT2D eigenvalue weighted by Crippen LogP contribution is -2.13. The molecule has 3 aromatic carbocycles. The third-order valence-electron chi connectivity index (χ3n) is 4.69. The molecule has 0 saturated heterocycles. The number of aromatic amines is 1. The topological polar surface area (TPSA) is 110 Å². The molecule has 2 heterocycles. The molecule has 152 valence electrons. The molecular weight excluding hydrogens is 467 g/mol. The molecule has 0 atom stereocenters. The molecular formula is C21H12BrFN6O2. The highest BCUT2D eigenvalue weighted by Gasteiger charge is 2.20. The number of hydrogen-bond acceptors (Lipinski definition) is 6. The van der Waals surface area contributed by atoms with E-state index in [1.54, 1.807) is 54.6 Å². The van der Waals surface area contributed by atoms with Crippen molar-refractivity contribution in [3.05, 3.63) is 76.6 Å². The van der Waals surface area contributed by atoms with Gasteiger partial charge in [0.25, 0.3) is 5.91 Å². The van der Waals surface area contributed by atoms with Crippen molar-refractivity contribution in [1.82, 2.24) is 25.8 Å². The van der Waals surface area contributed by atoms with E-state index in [4.69, 9.17) is 4.52 Å². The van der Waals surface area contributed by atoms with E-state index in [0.717, 1.165) is 4.47 Å². The zero-order chi connectivity index (χ0) is 21.4. The zero-order valence-corrected chi connectivity index (χ0v) is 17.2. The van der Waals surface area contributed by atoms with Crippen molar-refractivity contribution in [2.45, 2.75) is 0 Å². The quantitative estimate of drug-likeness (QED) is 0.382. The average Bonchev–Trinajstić information content (AvgIpc) is 3.45. The van der Waals surface area contributed by atoms with Crippen LogP contribution in [-0.4, -0.2) is 31.7 Å². The van der Waals surface area contributed by atoms with Crippen LogP contribution in [0.5, 0.6) is 0 Å². The molecule has 0 saturated carbocycles. The van der Waals surface area contributed by atoms with Gasteiger partial charge in [-0.15, -0.1) is 10.2 Å². The van der Waals surface area contributed by atoms with Crippen molar-refractivity contribution in [1.29, 1.82) is 0 Å². The smallest absolute Gasteiger partial charge is 0.278 e. The minimum atomic E-state index is -0.489. The van der Waals surface area contributed by atoms with Crippen LogP contribution in [-0.2, 0) is 0 Å². The second-order valence-electron chi connectivity index (χ2n) is 6.60. The maximum absolute atomic E-state index is 14.2. The molecule has 2 N–H and O–H groups in total. The summed E-state index contributed by atoms with van der Waals surface area (Å²) >= 11 is 3.40. The van der Waals surface area contributed by atoms with E-state index in [9.17, 15) is 9.18 Å². The molecule has 0 aliphatic rings. The number of H-pyrrole nitrogens is 1. The predicted molar refractivity (Wildman–Crippen MR) is 115 cm³/mol. The molecule has 0 radical (unpaired) electrons. The molecule has 2 aromatic heterocycles. The Balaban J connectivity index is 1.53. The molecule has 0 bridgehead atoms. The minimum absolute atomic E-state index is 0.0789. The van der Waals surface area contributed by atoms with Crippen molar-refractivity contribution >= 4 is 38.5 Å². The number of anilines is 1. The Morgan fingerprint density at radius 1 is 1.06 bits per heavy atom. The highest BCUT2D eigenvalue weighted by molar-refractivity contribution is 9.10. The number of nitrogens with one attached hydrogen (secondary N) is 2. The number of fused-ring (bicyclic) bond motifs is 1. The molecule has 1 amide bonds. The fraction of sp³-hybridized carbons (Fsp3) is 0. The fourth-order valence-corrected chi connectivity index (χ4v) is 3.59. The van der Waals surface area contributed by atoms with Crippen LogP contribution in [0.1, 0.15) is 10.5 Å². The van der Waals surface area contributed by atoms with Gasteiger partial charge < -0.3 is 9.84 Å². The van der Waals surface area contributed by atoms with Crippen molar-refractivity contribution in [3.63, 3.8) is 0 Å². The standard InChI is InChI=1S/C21H12BrFN6O2/c22-12-6-7-17(14(10-12)20-25-28-29-26-20)24-21(30)19-15-9-11(5-8-18(15)31-27-19)13-3-1-2-4-16(13)23/h1-10H,(H,24,30)(H,25,26,28,29). The van der Waals surface area contributed by atoms with Gasteiger partial charge in [0.15, 0.2) is 11.3 Å². The van der Waals surface area contributed by atoms with Crippen molar-refractivity contribution in [2.75, 3.05) is 5.32 Å². The van der Waals surface area contributed by atoms with Gasteiger partial charge in [0.1, 0.15) is 5.82 Å². The fourth-order valence-electron chi connectivity index (χ4n) is 3.23. The van der Waals surface area contributed by atoms with Crippen LogP contribution >= 0.6 is 15.9 Å². The zero-order valence-electron chi connectivity index (χ0n) is 15.6. The van der Waals surface area contributed by atoms with Crippen LogP contribution in [0.15, 0.2) is 69.7 Å².